The summed E-state index contributed by atoms with van der Waals surface area (Å²) in [5.74, 6) is -1.22. The highest BCUT2D eigenvalue weighted by atomic mass is 79.9. The number of hydrogen-bond donors (Lipinski definition) is 2. The van der Waals surface area contributed by atoms with Crippen LogP contribution < -0.4 is 5.69 Å². The van der Waals surface area contributed by atoms with Crippen molar-refractivity contribution in [3.63, 3.8) is 0 Å². The molecule has 0 fully saturated rings. The van der Waals surface area contributed by atoms with Crippen LogP contribution >= 0.6 is 27.3 Å². The molecule has 82 valence electrons. The molecule has 0 saturated heterocycles. The van der Waals surface area contributed by atoms with Gasteiger partial charge >= 0.3 is 11.7 Å². The predicted octanol–water partition coefficient (Wildman–Crippen LogP) is 1.96. The van der Waals surface area contributed by atoms with Gasteiger partial charge in [0.1, 0.15) is 0 Å². The van der Waals surface area contributed by atoms with Crippen LogP contribution in [0.2, 0.25) is 0 Å². The SMILES string of the molecule is O=C(O)c1cc(-c2ccc(Br)s2)[nH]c(=O)n1. The highest BCUT2D eigenvalue weighted by molar-refractivity contribution is 9.11. The first-order valence-electron chi connectivity index (χ1n) is 4.16. The summed E-state index contributed by atoms with van der Waals surface area (Å²) in [5.41, 5.74) is -0.476. The van der Waals surface area contributed by atoms with Gasteiger partial charge in [0.15, 0.2) is 5.69 Å². The Morgan fingerprint density at radius 1 is 1.50 bits per heavy atom. The topological polar surface area (TPSA) is 83.0 Å². The maximum absolute atomic E-state index is 11.2. The first kappa shape index (κ1) is 11.0. The maximum Gasteiger partial charge on any atom is 0.354 e. The summed E-state index contributed by atoms with van der Waals surface area (Å²) < 4.78 is 0.900. The highest BCUT2D eigenvalue weighted by Gasteiger charge is 2.10. The van der Waals surface area contributed by atoms with E-state index in [1.54, 1.807) is 6.07 Å². The average molecular weight is 301 g/mol. The van der Waals surface area contributed by atoms with E-state index < -0.39 is 11.7 Å². The molecule has 0 radical (unpaired) electrons. The quantitative estimate of drug-likeness (QED) is 0.888. The van der Waals surface area contributed by atoms with Crippen molar-refractivity contribution in [3.8, 4) is 10.6 Å². The van der Waals surface area contributed by atoms with Crippen molar-refractivity contribution in [1.29, 1.82) is 0 Å². The van der Waals surface area contributed by atoms with Crippen LogP contribution in [0.1, 0.15) is 10.5 Å². The molecule has 0 amide bonds. The zero-order valence-corrected chi connectivity index (χ0v) is 10.1. The van der Waals surface area contributed by atoms with Crippen molar-refractivity contribution < 1.29 is 9.90 Å². The lowest BCUT2D eigenvalue weighted by atomic mass is 10.3. The Bertz CT molecular complexity index is 605. The second kappa shape index (κ2) is 4.18. The van der Waals surface area contributed by atoms with E-state index in [4.69, 9.17) is 5.11 Å². The first-order valence-corrected chi connectivity index (χ1v) is 5.77. The summed E-state index contributed by atoms with van der Waals surface area (Å²) in [5, 5.41) is 8.76. The van der Waals surface area contributed by atoms with E-state index in [-0.39, 0.29) is 5.69 Å². The van der Waals surface area contributed by atoms with Crippen LogP contribution in [0.25, 0.3) is 10.6 Å². The van der Waals surface area contributed by atoms with Crippen molar-refractivity contribution in [3.05, 3.63) is 38.2 Å². The normalized spacial score (nSPS) is 10.3. The third kappa shape index (κ3) is 2.20. The second-order valence-corrected chi connectivity index (χ2v) is 5.36. The number of hydrogen-bond acceptors (Lipinski definition) is 4. The van der Waals surface area contributed by atoms with E-state index in [0.717, 1.165) is 8.66 Å². The number of nitrogens with zero attached hydrogens (tertiary/aromatic N) is 1. The largest absolute Gasteiger partial charge is 0.477 e. The summed E-state index contributed by atoms with van der Waals surface area (Å²) in [6, 6.07) is 4.94. The molecule has 0 aliphatic carbocycles. The van der Waals surface area contributed by atoms with Crippen LogP contribution in [0, 0.1) is 0 Å². The molecule has 0 aliphatic heterocycles. The van der Waals surface area contributed by atoms with Crippen LogP contribution in [0.15, 0.2) is 26.8 Å². The molecule has 2 rings (SSSR count). The number of aromatic nitrogens is 2. The van der Waals surface area contributed by atoms with Crippen LogP contribution in [0.5, 0.6) is 0 Å². The number of rotatable bonds is 2. The molecule has 0 aromatic carbocycles. The zero-order valence-electron chi connectivity index (χ0n) is 7.73. The Balaban J connectivity index is 2.57. The number of carbonyl (C=O) groups is 1. The van der Waals surface area contributed by atoms with E-state index in [1.165, 1.54) is 17.4 Å². The fourth-order valence-electron chi connectivity index (χ4n) is 1.16. The summed E-state index contributed by atoms with van der Waals surface area (Å²) in [6.45, 7) is 0. The smallest absolute Gasteiger partial charge is 0.354 e. The van der Waals surface area contributed by atoms with Gasteiger partial charge in [-0.1, -0.05) is 0 Å². The van der Waals surface area contributed by atoms with Gasteiger partial charge in [-0.25, -0.2) is 9.59 Å². The number of H-pyrrole nitrogens is 1. The molecule has 7 heteroatoms. The first-order chi connectivity index (χ1) is 7.56. The van der Waals surface area contributed by atoms with Crippen LogP contribution in [-0.2, 0) is 0 Å². The number of halogens is 1. The van der Waals surface area contributed by atoms with Crippen LogP contribution in [-0.4, -0.2) is 21.0 Å². The molecule has 2 aromatic rings. The third-order valence-electron chi connectivity index (χ3n) is 1.80. The van der Waals surface area contributed by atoms with Gasteiger partial charge < -0.3 is 10.1 Å². The number of thiophene rings is 1. The molecule has 2 heterocycles. The second-order valence-electron chi connectivity index (χ2n) is 2.89. The molecule has 0 saturated carbocycles. The Hall–Kier alpha value is -1.47. The van der Waals surface area contributed by atoms with Gasteiger partial charge in [0.2, 0.25) is 0 Å². The minimum Gasteiger partial charge on any atom is -0.477 e. The molecule has 0 spiro atoms. The molecule has 0 bridgehead atoms. The average Bonchev–Trinajstić information content (AvgIpc) is 2.64. The Kier molecular flexibility index (Phi) is 2.88. The molecule has 16 heavy (non-hydrogen) atoms. The fraction of sp³-hybridized carbons (Fsp3) is 0. The van der Waals surface area contributed by atoms with Crippen molar-refractivity contribution >= 4 is 33.2 Å². The van der Waals surface area contributed by atoms with Gasteiger partial charge in [-0.3, -0.25) is 0 Å². The van der Waals surface area contributed by atoms with Crippen molar-refractivity contribution in [2.75, 3.05) is 0 Å². The monoisotopic (exact) mass is 300 g/mol. The molecule has 0 aliphatic rings. The molecule has 2 aromatic heterocycles. The molecule has 2 N–H and O–H groups in total. The predicted molar refractivity (Wildman–Crippen MR) is 62.8 cm³/mol. The molecular formula is C9H5BrN2O3S. The summed E-state index contributed by atoms with van der Waals surface area (Å²) >= 11 is 4.69. The van der Waals surface area contributed by atoms with Crippen molar-refractivity contribution in [2.45, 2.75) is 0 Å². The Morgan fingerprint density at radius 3 is 2.81 bits per heavy atom. The van der Waals surface area contributed by atoms with Gasteiger partial charge in [0, 0.05) is 0 Å². The summed E-state index contributed by atoms with van der Waals surface area (Å²) in [7, 11) is 0. The van der Waals surface area contributed by atoms with Crippen LogP contribution in [0.4, 0.5) is 0 Å². The fourth-order valence-corrected chi connectivity index (χ4v) is 2.52. The number of carboxylic acids is 1. The Morgan fingerprint density at radius 2 is 2.25 bits per heavy atom. The van der Waals surface area contributed by atoms with Gasteiger partial charge in [-0.15, -0.1) is 11.3 Å². The highest BCUT2D eigenvalue weighted by Crippen LogP contribution is 2.29. The van der Waals surface area contributed by atoms with Gasteiger partial charge in [-0.2, -0.15) is 4.98 Å². The van der Waals surface area contributed by atoms with Crippen molar-refractivity contribution in [2.24, 2.45) is 0 Å². The zero-order chi connectivity index (χ0) is 11.7. The molecule has 5 nitrogen and oxygen atoms in total. The lowest BCUT2D eigenvalue weighted by Crippen LogP contribution is -2.16. The summed E-state index contributed by atoms with van der Waals surface area (Å²) in [6.07, 6.45) is 0. The third-order valence-corrected chi connectivity index (χ3v) is 3.46. The van der Waals surface area contributed by atoms with E-state index in [2.05, 4.69) is 25.9 Å². The standard InChI is InChI=1S/C9H5BrN2O3S/c10-7-2-1-6(16-7)4-3-5(8(13)14)12-9(15)11-4/h1-3H,(H,13,14)(H,11,12,15). The van der Waals surface area contributed by atoms with Gasteiger partial charge in [-0.05, 0) is 34.1 Å². The minimum atomic E-state index is -1.22. The lowest BCUT2D eigenvalue weighted by molar-refractivity contribution is 0.0690. The number of nitrogens with one attached hydrogen (secondary N) is 1. The molecular weight excluding hydrogens is 296 g/mol. The Labute approximate surface area is 102 Å². The summed E-state index contributed by atoms with van der Waals surface area (Å²) in [4.78, 5) is 28.5. The number of aromatic amines is 1. The number of aromatic carboxylic acids is 1. The van der Waals surface area contributed by atoms with E-state index in [9.17, 15) is 9.59 Å². The number of carboxylic acid groups (broad SMARTS) is 1. The van der Waals surface area contributed by atoms with Crippen molar-refractivity contribution in [1.82, 2.24) is 9.97 Å². The van der Waals surface area contributed by atoms with E-state index >= 15 is 0 Å². The van der Waals surface area contributed by atoms with Gasteiger partial charge in [0.05, 0.1) is 14.4 Å². The lowest BCUT2D eigenvalue weighted by Gasteiger charge is -1.98. The van der Waals surface area contributed by atoms with Gasteiger partial charge in [0.25, 0.3) is 0 Å². The van der Waals surface area contributed by atoms with E-state index in [1.807, 2.05) is 6.07 Å². The molecule has 0 atom stereocenters. The van der Waals surface area contributed by atoms with Crippen LogP contribution in [0.3, 0.4) is 0 Å². The molecule has 0 unspecified atom stereocenters. The maximum atomic E-state index is 11.2. The minimum absolute atomic E-state index is 0.261. The van der Waals surface area contributed by atoms with E-state index in [0.29, 0.717) is 5.69 Å².